The molecule has 1 amide bonds. The maximum absolute atomic E-state index is 12.7. The molecule has 2 N–H and O–H groups in total. The maximum Gasteiger partial charge on any atom is 0.274 e. The molecule has 1 fully saturated rings. The normalized spacial score (nSPS) is 14.5. The van der Waals surface area contributed by atoms with Crippen molar-refractivity contribution in [2.24, 2.45) is 0 Å². The average Bonchev–Trinajstić information content (AvgIpc) is 3.15. The fraction of sp³-hybridized carbons (Fsp3) is 0.429. The van der Waals surface area contributed by atoms with Crippen LogP contribution >= 0.6 is 0 Å². The zero-order chi connectivity index (χ0) is 17.6. The molecule has 0 radical (unpaired) electrons. The Morgan fingerprint density at radius 3 is 2.44 bits per heavy atom. The number of aromatic nitrogens is 1. The Balaban J connectivity index is 1.77. The second kappa shape index (κ2) is 8.15. The highest BCUT2D eigenvalue weighted by Crippen LogP contribution is 2.24. The summed E-state index contributed by atoms with van der Waals surface area (Å²) >= 11 is 0. The van der Waals surface area contributed by atoms with Gasteiger partial charge in [-0.2, -0.15) is 0 Å². The Morgan fingerprint density at radius 2 is 1.80 bits per heavy atom. The fourth-order valence-electron chi connectivity index (χ4n) is 3.53. The number of pyridine rings is 1. The minimum atomic E-state index is -0.148. The summed E-state index contributed by atoms with van der Waals surface area (Å²) in [4.78, 5) is 17.0. The van der Waals surface area contributed by atoms with Crippen molar-refractivity contribution < 1.29 is 4.79 Å². The first kappa shape index (κ1) is 17.5. The van der Waals surface area contributed by atoms with Crippen molar-refractivity contribution in [2.45, 2.75) is 58.4 Å². The van der Waals surface area contributed by atoms with E-state index in [0.717, 1.165) is 35.3 Å². The quantitative estimate of drug-likeness (QED) is 0.795. The number of hydrogen-bond acceptors (Lipinski definition) is 3. The van der Waals surface area contributed by atoms with E-state index in [1.807, 2.05) is 12.1 Å². The summed E-state index contributed by atoms with van der Waals surface area (Å²) in [7, 11) is 0. The van der Waals surface area contributed by atoms with Crippen LogP contribution in [-0.4, -0.2) is 16.9 Å². The molecule has 1 saturated carbocycles. The number of amides is 1. The number of para-hydroxylation sites is 1. The Bertz CT molecular complexity index is 713. The van der Waals surface area contributed by atoms with E-state index >= 15 is 0 Å². The Morgan fingerprint density at radius 1 is 1.12 bits per heavy atom. The van der Waals surface area contributed by atoms with Crippen LogP contribution in [0.4, 0.5) is 11.4 Å². The van der Waals surface area contributed by atoms with Crippen molar-refractivity contribution in [1.82, 2.24) is 4.98 Å². The molecular weight excluding hydrogens is 310 g/mol. The molecule has 1 aliphatic carbocycles. The number of carbonyl (C=O) groups is 1. The topological polar surface area (TPSA) is 54.0 Å². The van der Waals surface area contributed by atoms with Crippen LogP contribution in [0.25, 0.3) is 0 Å². The van der Waals surface area contributed by atoms with Gasteiger partial charge >= 0.3 is 0 Å². The fourth-order valence-corrected chi connectivity index (χ4v) is 3.53. The van der Waals surface area contributed by atoms with E-state index in [4.69, 9.17) is 0 Å². The molecule has 1 aromatic heterocycles. The number of carbonyl (C=O) groups excluding carboxylic acids is 1. The van der Waals surface area contributed by atoms with Crippen LogP contribution in [0.5, 0.6) is 0 Å². The predicted molar refractivity (Wildman–Crippen MR) is 103 cm³/mol. The van der Waals surface area contributed by atoms with E-state index in [-0.39, 0.29) is 5.91 Å². The van der Waals surface area contributed by atoms with Crippen molar-refractivity contribution in [3.05, 3.63) is 53.3 Å². The van der Waals surface area contributed by atoms with Crippen LogP contribution in [0.15, 0.2) is 36.5 Å². The number of hydrogen-bond donors (Lipinski definition) is 2. The van der Waals surface area contributed by atoms with Gasteiger partial charge in [-0.3, -0.25) is 9.78 Å². The maximum atomic E-state index is 12.7. The minimum Gasteiger partial charge on any atom is -0.382 e. The number of nitrogens with one attached hydrogen (secondary N) is 2. The zero-order valence-electron chi connectivity index (χ0n) is 15.1. The molecule has 0 unspecified atom stereocenters. The minimum absolute atomic E-state index is 0.148. The van der Waals surface area contributed by atoms with Crippen LogP contribution in [0, 0.1) is 0 Å². The summed E-state index contributed by atoms with van der Waals surface area (Å²) in [5.74, 6) is -0.148. The van der Waals surface area contributed by atoms with E-state index in [9.17, 15) is 4.79 Å². The molecule has 4 heteroatoms. The molecule has 1 heterocycles. The van der Waals surface area contributed by atoms with Gasteiger partial charge in [-0.15, -0.1) is 0 Å². The summed E-state index contributed by atoms with van der Waals surface area (Å²) in [6.45, 7) is 4.21. The van der Waals surface area contributed by atoms with Gasteiger partial charge in [0.05, 0.1) is 0 Å². The molecule has 1 aliphatic rings. The SMILES string of the molecule is CCc1cccc(CC)c1NC(=O)c1cc(NC2CCCC2)ccn1. The molecule has 132 valence electrons. The number of anilines is 2. The third kappa shape index (κ3) is 4.19. The highest BCUT2D eigenvalue weighted by atomic mass is 16.1. The van der Waals surface area contributed by atoms with Crippen molar-refractivity contribution in [3.63, 3.8) is 0 Å². The van der Waals surface area contributed by atoms with E-state index in [2.05, 4.69) is 47.7 Å². The molecule has 3 rings (SSSR count). The molecule has 0 aliphatic heterocycles. The van der Waals surface area contributed by atoms with Crippen molar-refractivity contribution in [1.29, 1.82) is 0 Å². The van der Waals surface area contributed by atoms with Crippen LogP contribution in [0.1, 0.15) is 61.1 Å². The van der Waals surface area contributed by atoms with Crippen LogP contribution < -0.4 is 10.6 Å². The second-order valence-corrected chi connectivity index (χ2v) is 6.67. The van der Waals surface area contributed by atoms with Crippen molar-refractivity contribution in [3.8, 4) is 0 Å². The largest absolute Gasteiger partial charge is 0.382 e. The number of aryl methyl sites for hydroxylation is 2. The molecule has 25 heavy (non-hydrogen) atoms. The number of rotatable bonds is 6. The standard InChI is InChI=1S/C21H27N3O/c1-3-15-8-7-9-16(4-2)20(15)24-21(25)19-14-18(12-13-22-19)23-17-10-5-6-11-17/h7-9,12-14,17H,3-6,10-11H2,1-2H3,(H,22,23)(H,24,25). The summed E-state index contributed by atoms with van der Waals surface area (Å²) in [5.41, 5.74) is 4.69. The highest BCUT2D eigenvalue weighted by Gasteiger charge is 2.16. The third-order valence-electron chi connectivity index (χ3n) is 4.96. The Labute approximate surface area is 150 Å². The molecular formula is C21H27N3O. The summed E-state index contributed by atoms with van der Waals surface area (Å²) in [6, 6.07) is 10.5. The first-order valence-corrected chi connectivity index (χ1v) is 9.36. The van der Waals surface area contributed by atoms with E-state index in [1.54, 1.807) is 6.20 Å². The van der Waals surface area contributed by atoms with Gasteiger partial charge in [0.2, 0.25) is 0 Å². The monoisotopic (exact) mass is 337 g/mol. The van der Waals surface area contributed by atoms with Crippen molar-refractivity contribution >= 4 is 17.3 Å². The van der Waals surface area contributed by atoms with Gasteiger partial charge in [0.25, 0.3) is 5.91 Å². The first-order valence-electron chi connectivity index (χ1n) is 9.36. The molecule has 1 aromatic carbocycles. The summed E-state index contributed by atoms with van der Waals surface area (Å²) in [5, 5.41) is 6.61. The van der Waals surface area contributed by atoms with Crippen LogP contribution in [0.3, 0.4) is 0 Å². The highest BCUT2D eigenvalue weighted by molar-refractivity contribution is 6.04. The zero-order valence-corrected chi connectivity index (χ0v) is 15.1. The molecule has 4 nitrogen and oxygen atoms in total. The molecule has 0 spiro atoms. The van der Waals surface area contributed by atoms with E-state index in [1.165, 1.54) is 25.7 Å². The van der Waals surface area contributed by atoms with Gasteiger partial charge in [-0.25, -0.2) is 0 Å². The van der Waals surface area contributed by atoms with Gasteiger partial charge in [0.15, 0.2) is 0 Å². The van der Waals surface area contributed by atoms with E-state index < -0.39 is 0 Å². The van der Waals surface area contributed by atoms with Gasteiger partial charge in [0, 0.05) is 23.6 Å². The van der Waals surface area contributed by atoms with Gasteiger partial charge in [-0.1, -0.05) is 44.9 Å². The van der Waals surface area contributed by atoms with Gasteiger partial charge in [0.1, 0.15) is 5.69 Å². The first-order chi connectivity index (χ1) is 12.2. The Kier molecular flexibility index (Phi) is 5.69. The van der Waals surface area contributed by atoms with E-state index in [0.29, 0.717) is 11.7 Å². The van der Waals surface area contributed by atoms with Gasteiger partial charge < -0.3 is 10.6 Å². The number of benzene rings is 1. The number of nitrogens with zero attached hydrogens (tertiary/aromatic N) is 1. The second-order valence-electron chi connectivity index (χ2n) is 6.67. The molecule has 0 atom stereocenters. The lowest BCUT2D eigenvalue weighted by atomic mass is 10.0. The Hall–Kier alpha value is -2.36. The third-order valence-corrected chi connectivity index (χ3v) is 4.96. The molecule has 0 saturated heterocycles. The summed E-state index contributed by atoms with van der Waals surface area (Å²) in [6.07, 6.45) is 8.45. The molecule has 0 bridgehead atoms. The van der Waals surface area contributed by atoms with Crippen molar-refractivity contribution in [2.75, 3.05) is 10.6 Å². The lowest BCUT2D eigenvalue weighted by molar-refractivity contribution is 0.102. The summed E-state index contributed by atoms with van der Waals surface area (Å²) < 4.78 is 0. The molecule has 2 aromatic rings. The smallest absolute Gasteiger partial charge is 0.274 e. The lowest BCUT2D eigenvalue weighted by Crippen LogP contribution is -2.18. The lowest BCUT2D eigenvalue weighted by Gasteiger charge is -2.16. The average molecular weight is 337 g/mol. The van der Waals surface area contributed by atoms with Crippen LogP contribution in [-0.2, 0) is 12.8 Å². The van der Waals surface area contributed by atoms with Gasteiger partial charge in [-0.05, 0) is 48.9 Å². The van der Waals surface area contributed by atoms with Crippen LogP contribution in [0.2, 0.25) is 0 Å². The predicted octanol–water partition coefficient (Wildman–Crippen LogP) is 4.81.